The second kappa shape index (κ2) is 8.68. The molecular formula is C20H40N2. The summed E-state index contributed by atoms with van der Waals surface area (Å²) in [5.41, 5.74) is 0. The molecule has 130 valence electrons. The van der Waals surface area contributed by atoms with E-state index >= 15 is 0 Å². The van der Waals surface area contributed by atoms with Crippen molar-refractivity contribution in [3.05, 3.63) is 0 Å². The van der Waals surface area contributed by atoms with Crippen LogP contribution in [0.1, 0.15) is 66.7 Å². The van der Waals surface area contributed by atoms with Gasteiger partial charge in [-0.15, -0.1) is 0 Å². The normalized spacial score (nSPS) is 29.0. The summed E-state index contributed by atoms with van der Waals surface area (Å²) in [6.45, 7) is 18.7. The van der Waals surface area contributed by atoms with Crippen LogP contribution in [-0.2, 0) is 0 Å². The minimum atomic E-state index is 0.800. The van der Waals surface area contributed by atoms with E-state index in [-0.39, 0.29) is 0 Å². The smallest absolute Gasteiger partial charge is 0.00671 e. The number of likely N-dealkylation sites (tertiary alicyclic amines) is 2. The van der Waals surface area contributed by atoms with Gasteiger partial charge in [0.05, 0.1) is 0 Å². The van der Waals surface area contributed by atoms with Crippen LogP contribution >= 0.6 is 0 Å². The molecule has 0 aromatic heterocycles. The average molecular weight is 309 g/mol. The Bertz CT molecular complexity index is 313. The first-order valence-electron chi connectivity index (χ1n) is 9.92. The summed E-state index contributed by atoms with van der Waals surface area (Å²) in [6.07, 6.45) is 7.09. The van der Waals surface area contributed by atoms with Crippen molar-refractivity contribution in [2.24, 2.45) is 23.7 Å². The molecule has 2 saturated heterocycles. The molecule has 2 heterocycles. The highest BCUT2D eigenvalue weighted by atomic mass is 15.2. The Morgan fingerprint density at radius 1 is 0.909 bits per heavy atom. The van der Waals surface area contributed by atoms with Crippen molar-refractivity contribution < 1.29 is 0 Å². The van der Waals surface area contributed by atoms with Crippen LogP contribution in [0.4, 0.5) is 0 Å². The van der Waals surface area contributed by atoms with Crippen molar-refractivity contribution in [3.8, 4) is 0 Å². The molecule has 22 heavy (non-hydrogen) atoms. The van der Waals surface area contributed by atoms with Crippen LogP contribution in [0.3, 0.4) is 0 Å². The highest BCUT2D eigenvalue weighted by Gasteiger charge is 2.29. The Hall–Kier alpha value is -0.0800. The van der Waals surface area contributed by atoms with Gasteiger partial charge in [-0.1, -0.05) is 27.7 Å². The van der Waals surface area contributed by atoms with Crippen LogP contribution in [0.2, 0.25) is 0 Å². The fraction of sp³-hybridized carbons (Fsp3) is 1.00. The van der Waals surface area contributed by atoms with Gasteiger partial charge in [-0.3, -0.25) is 0 Å². The first kappa shape index (κ1) is 18.3. The van der Waals surface area contributed by atoms with Crippen LogP contribution in [-0.4, -0.2) is 48.6 Å². The van der Waals surface area contributed by atoms with Gasteiger partial charge in [0.25, 0.3) is 0 Å². The molecule has 3 atom stereocenters. The first-order chi connectivity index (χ1) is 10.5. The zero-order valence-corrected chi connectivity index (χ0v) is 15.9. The lowest BCUT2D eigenvalue weighted by Crippen LogP contribution is -2.32. The number of hydrogen-bond donors (Lipinski definition) is 0. The molecule has 2 fully saturated rings. The lowest BCUT2D eigenvalue weighted by atomic mass is 9.95. The number of rotatable bonds is 8. The van der Waals surface area contributed by atoms with Crippen molar-refractivity contribution in [1.29, 1.82) is 0 Å². The molecule has 2 rings (SSSR count). The molecule has 0 bridgehead atoms. The average Bonchev–Trinajstić information content (AvgIpc) is 3.11. The lowest BCUT2D eigenvalue weighted by Gasteiger charge is -2.26. The van der Waals surface area contributed by atoms with Crippen molar-refractivity contribution in [3.63, 3.8) is 0 Å². The second-order valence-corrected chi connectivity index (χ2v) is 8.85. The van der Waals surface area contributed by atoms with E-state index in [2.05, 4.69) is 44.4 Å². The standard InChI is InChI=1S/C20H40N2/c1-16(2)8-11-21-12-9-19(14-21)7-6-18(5)22-13-10-20(15-22)17(3)4/h16-20H,6-15H2,1-5H3/t18?,19-,20+/m1/s1. The molecule has 0 spiro atoms. The Balaban J connectivity index is 1.62. The Morgan fingerprint density at radius 2 is 1.68 bits per heavy atom. The number of nitrogens with zero attached hydrogens (tertiary/aromatic N) is 2. The van der Waals surface area contributed by atoms with E-state index in [1.807, 2.05) is 0 Å². The molecule has 2 nitrogen and oxygen atoms in total. The van der Waals surface area contributed by atoms with Gasteiger partial charge in [-0.25, -0.2) is 0 Å². The molecule has 2 aliphatic rings. The van der Waals surface area contributed by atoms with Gasteiger partial charge in [0, 0.05) is 19.1 Å². The van der Waals surface area contributed by atoms with Gasteiger partial charge in [0.2, 0.25) is 0 Å². The molecule has 2 aliphatic heterocycles. The van der Waals surface area contributed by atoms with Crippen LogP contribution in [0.15, 0.2) is 0 Å². The van der Waals surface area contributed by atoms with Gasteiger partial charge < -0.3 is 9.80 Å². The summed E-state index contributed by atoms with van der Waals surface area (Å²) >= 11 is 0. The molecule has 0 aromatic carbocycles. The fourth-order valence-electron chi connectivity index (χ4n) is 4.21. The molecule has 0 saturated carbocycles. The quantitative estimate of drug-likeness (QED) is 0.651. The predicted octanol–water partition coefficient (Wildman–Crippen LogP) is 4.50. The summed E-state index contributed by atoms with van der Waals surface area (Å²) in [4.78, 5) is 5.47. The zero-order chi connectivity index (χ0) is 16.1. The topological polar surface area (TPSA) is 6.48 Å². The summed E-state index contributed by atoms with van der Waals surface area (Å²) in [5, 5.41) is 0. The van der Waals surface area contributed by atoms with E-state index in [0.29, 0.717) is 0 Å². The molecule has 2 heteroatoms. The largest absolute Gasteiger partial charge is 0.303 e. The third-order valence-electron chi connectivity index (χ3n) is 6.21. The number of hydrogen-bond acceptors (Lipinski definition) is 2. The molecule has 1 unspecified atom stereocenters. The van der Waals surface area contributed by atoms with Crippen LogP contribution in [0.5, 0.6) is 0 Å². The summed E-state index contributed by atoms with van der Waals surface area (Å²) in [6, 6.07) is 0.800. The van der Waals surface area contributed by atoms with Crippen molar-refractivity contribution >= 4 is 0 Å². The molecular weight excluding hydrogens is 268 g/mol. The van der Waals surface area contributed by atoms with Crippen molar-refractivity contribution in [1.82, 2.24) is 9.80 Å². The van der Waals surface area contributed by atoms with E-state index in [9.17, 15) is 0 Å². The van der Waals surface area contributed by atoms with Gasteiger partial charge in [-0.05, 0) is 82.3 Å². The maximum absolute atomic E-state index is 2.76. The second-order valence-electron chi connectivity index (χ2n) is 8.85. The van der Waals surface area contributed by atoms with Gasteiger partial charge in [-0.2, -0.15) is 0 Å². The third-order valence-corrected chi connectivity index (χ3v) is 6.21. The van der Waals surface area contributed by atoms with Gasteiger partial charge >= 0.3 is 0 Å². The maximum atomic E-state index is 2.76. The summed E-state index contributed by atoms with van der Waals surface area (Å²) in [5.74, 6) is 3.63. The van der Waals surface area contributed by atoms with E-state index in [1.54, 1.807) is 0 Å². The van der Waals surface area contributed by atoms with Crippen LogP contribution in [0.25, 0.3) is 0 Å². The Kier molecular flexibility index (Phi) is 7.21. The monoisotopic (exact) mass is 308 g/mol. The summed E-state index contributed by atoms with van der Waals surface area (Å²) in [7, 11) is 0. The first-order valence-corrected chi connectivity index (χ1v) is 9.92. The Labute approximate surface area is 139 Å². The lowest BCUT2D eigenvalue weighted by molar-refractivity contribution is 0.216. The highest BCUT2D eigenvalue weighted by molar-refractivity contribution is 4.83. The third kappa shape index (κ3) is 5.53. The fourth-order valence-corrected chi connectivity index (χ4v) is 4.21. The minimum absolute atomic E-state index is 0.800. The highest BCUT2D eigenvalue weighted by Crippen LogP contribution is 2.28. The predicted molar refractivity (Wildman–Crippen MR) is 97.2 cm³/mol. The van der Waals surface area contributed by atoms with Crippen LogP contribution < -0.4 is 0 Å². The van der Waals surface area contributed by atoms with E-state index in [0.717, 1.165) is 29.7 Å². The van der Waals surface area contributed by atoms with E-state index in [1.165, 1.54) is 64.8 Å². The molecule has 0 radical (unpaired) electrons. The van der Waals surface area contributed by atoms with E-state index in [4.69, 9.17) is 0 Å². The zero-order valence-electron chi connectivity index (χ0n) is 15.9. The molecule has 0 N–H and O–H groups in total. The van der Waals surface area contributed by atoms with Crippen molar-refractivity contribution in [2.75, 3.05) is 32.7 Å². The molecule has 0 aromatic rings. The SMILES string of the molecule is CC(C)CCN1CC[C@@H](CCC(C)N2CC[C@H](C(C)C)C2)C1. The molecule has 0 aliphatic carbocycles. The maximum Gasteiger partial charge on any atom is 0.00671 e. The minimum Gasteiger partial charge on any atom is -0.303 e. The van der Waals surface area contributed by atoms with Crippen LogP contribution in [0, 0.1) is 23.7 Å². The van der Waals surface area contributed by atoms with E-state index < -0.39 is 0 Å². The molecule has 0 amide bonds. The van der Waals surface area contributed by atoms with Crippen molar-refractivity contribution in [2.45, 2.75) is 72.8 Å². The van der Waals surface area contributed by atoms with Gasteiger partial charge in [0.15, 0.2) is 0 Å². The summed E-state index contributed by atoms with van der Waals surface area (Å²) < 4.78 is 0. The Morgan fingerprint density at radius 3 is 2.32 bits per heavy atom. The van der Waals surface area contributed by atoms with Gasteiger partial charge in [0.1, 0.15) is 0 Å².